The summed E-state index contributed by atoms with van der Waals surface area (Å²) in [6, 6.07) is 11.3. The highest BCUT2D eigenvalue weighted by molar-refractivity contribution is 5.97. The molecule has 0 aliphatic carbocycles. The van der Waals surface area contributed by atoms with E-state index in [1.165, 1.54) is 6.20 Å². The Morgan fingerprint density at radius 1 is 1.10 bits per heavy atom. The maximum atomic E-state index is 12.5. The maximum absolute atomic E-state index is 12.5. The number of amides is 1. The molecule has 4 aromatic heterocycles. The SMILES string of the molecule is CC1(C)CN(c2ccc(C#N)nn2)CC[C@H]1Nc1c(C(N)=O)cnc2cc(-c3ccnc(N4CCOCC4)c3)nn12. The van der Waals surface area contributed by atoms with Gasteiger partial charge in [0.05, 0.1) is 24.5 Å². The molecule has 2 fully saturated rings. The molecule has 6 heterocycles. The van der Waals surface area contributed by atoms with Crippen molar-refractivity contribution in [2.45, 2.75) is 26.3 Å². The first-order valence-electron chi connectivity index (χ1n) is 13.6. The number of carbonyl (C=O) groups excluding carboxylic acids is 1. The molecular weight excluding hydrogens is 522 g/mol. The fourth-order valence-corrected chi connectivity index (χ4v) is 5.48. The van der Waals surface area contributed by atoms with Crippen LogP contribution in [-0.2, 0) is 4.74 Å². The average Bonchev–Trinajstić information content (AvgIpc) is 3.43. The highest BCUT2D eigenvalue weighted by atomic mass is 16.5. The molecule has 1 amide bonds. The number of morpholine rings is 1. The lowest BCUT2D eigenvalue weighted by Gasteiger charge is -2.45. The van der Waals surface area contributed by atoms with Crippen LogP contribution in [0.25, 0.3) is 16.9 Å². The number of nitrogens with one attached hydrogen (secondary N) is 1. The first-order chi connectivity index (χ1) is 19.8. The molecular formula is C28H31N11O2. The second-order valence-electron chi connectivity index (χ2n) is 11.0. The molecule has 0 spiro atoms. The number of pyridine rings is 1. The average molecular weight is 554 g/mol. The minimum Gasteiger partial charge on any atom is -0.378 e. The van der Waals surface area contributed by atoms with Gasteiger partial charge >= 0.3 is 0 Å². The number of piperidine rings is 1. The number of carbonyl (C=O) groups is 1. The Hall–Kier alpha value is -4.83. The van der Waals surface area contributed by atoms with Gasteiger partial charge in [0, 0.05) is 61.7 Å². The Balaban J connectivity index is 1.29. The van der Waals surface area contributed by atoms with E-state index in [4.69, 9.17) is 20.8 Å². The number of hydrogen-bond acceptors (Lipinski definition) is 11. The zero-order valence-electron chi connectivity index (χ0n) is 23.0. The van der Waals surface area contributed by atoms with Crippen molar-refractivity contribution in [2.75, 3.05) is 54.5 Å². The van der Waals surface area contributed by atoms with Crippen LogP contribution in [-0.4, -0.2) is 81.1 Å². The Bertz CT molecular complexity index is 1620. The molecule has 0 saturated carbocycles. The second-order valence-corrected chi connectivity index (χ2v) is 11.0. The summed E-state index contributed by atoms with van der Waals surface area (Å²) in [6.07, 6.45) is 4.05. The largest absolute Gasteiger partial charge is 0.378 e. The number of hydrogen-bond donors (Lipinski definition) is 2. The summed E-state index contributed by atoms with van der Waals surface area (Å²) >= 11 is 0. The standard InChI is InChI=1S/C28H31N11O2/c1-28(2)17-38(23-4-3-19(15-29)34-35-23)8-6-22(28)33-27-20(26(30)40)16-32-25-14-21(36-39(25)27)18-5-7-31-24(13-18)37-9-11-41-12-10-37/h3-5,7,13-14,16,22,33H,6,8-12,17H2,1-2H3,(H2,30,40)/t22-/m1/s1. The van der Waals surface area contributed by atoms with E-state index < -0.39 is 5.91 Å². The Morgan fingerprint density at radius 3 is 2.63 bits per heavy atom. The lowest BCUT2D eigenvalue weighted by Crippen LogP contribution is -2.52. The number of nitrogens with two attached hydrogens (primary N) is 1. The normalized spacial score (nSPS) is 18.7. The van der Waals surface area contributed by atoms with Crippen molar-refractivity contribution in [1.82, 2.24) is 29.8 Å². The molecule has 0 bridgehead atoms. The van der Waals surface area contributed by atoms with Gasteiger partial charge in [0.25, 0.3) is 5.91 Å². The number of fused-ring (bicyclic) bond motifs is 1. The number of nitrogens with zero attached hydrogens (tertiary/aromatic N) is 9. The second kappa shape index (κ2) is 10.6. The molecule has 13 heteroatoms. The molecule has 2 aliphatic rings. The summed E-state index contributed by atoms with van der Waals surface area (Å²) in [6.45, 7) is 8.64. The first-order valence-corrected chi connectivity index (χ1v) is 13.6. The summed E-state index contributed by atoms with van der Waals surface area (Å²) in [5.41, 5.74) is 8.33. The van der Waals surface area contributed by atoms with E-state index in [0.717, 1.165) is 36.7 Å². The smallest absolute Gasteiger partial charge is 0.254 e. The van der Waals surface area contributed by atoms with Crippen LogP contribution in [0.5, 0.6) is 0 Å². The molecule has 0 unspecified atom stereocenters. The summed E-state index contributed by atoms with van der Waals surface area (Å²) in [5.74, 6) is 1.53. The van der Waals surface area contributed by atoms with Crippen molar-refractivity contribution < 1.29 is 9.53 Å². The highest BCUT2D eigenvalue weighted by Crippen LogP contribution is 2.35. The van der Waals surface area contributed by atoms with E-state index in [-0.39, 0.29) is 22.7 Å². The predicted octanol–water partition coefficient (Wildman–Crippen LogP) is 2.11. The van der Waals surface area contributed by atoms with Crippen molar-refractivity contribution in [3.63, 3.8) is 0 Å². The zero-order valence-corrected chi connectivity index (χ0v) is 23.0. The van der Waals surface area contributed by atoms with Crippen molar-refractivity contribution in [3.8, 4) is 17.3 Å². The van der Waals surface area contributed by atoms with Crippen LogP contribution in [0.2, 0.25) is 0 Å². The monoisotopic (exact) mass is 553 g/mol. The quantitative estimate of drug-likeness (QED) is 0.359. The molecule has 6 rings (SSSR count). The molecule has 3 N–H and O–H groups in total. The predicted molar refractivity (Wildman–Crippen MR) is 153 cm³/mol. The third-order valence-corrected chi connectivity index (χ3v) is 7.75. The van der Waals surface area contributed by atoms with Crippen LogP contribution in [0.4, 0.5) is 17.5 Å². The van der Waals surface area contributed by atoms with Crippen LogP contribution in [0, 0.1) is 16.7 Å². The third kappa shape index (κ3) is 5.21. The van der Waals surface area contributed by atoms with E-state index in [1.807, 2.05) is 30.3 Å². The molecule has 0 aromatic carbocycles. The van der Waals surface area contributed by atoms with E-state index in [9.17, 15) is 4.79 Å². The lowest BCUT2D eigenvalue weighted by molar-refractivity contribution is 0.1000. The van der Waals surface area contributed by atoms with Crippen LogP contribution < -0.4 is 20.9 Å². The summed E-state index contributed by atoms with van der Waals surface area (Å²) in [7, 11) is 0. The maximum Gasteiger partial charge on any atom is 0.254 e. The summed E-state index contributed by atoms with van der Waals surface area (Å²) in [5, 5.41) is 25.7. The van der Waals surface area contributed by atoms with Gasteiger partial charge in [0.1, 0.15) is 17.7 Å². The minimum atomic E-state index is -0.583. The summed E-state index contributed by atoms with van der Waals surface area (Å²) < 4.78 is 7.14. The zero-order chi connectivity index (χ0) is 28.6. The molecule has 0 radical (unpaired) electrons. The third-order valence-electron chi connectivity index (χ3n) is 7.75. The van der Waals surface area contributed by atoms with Crippen molar-refractivity contribution >= 4 is 29.0 Å². The van der Waals surface area contributed by atoms with E-state index in [0.29, 0.717) is 43.5 Å². The van der Waals surface area contributed by atoms with Gasteiger partial charge in [0.2, 0.25) is 0 Å². The van der Waals surface area contributed by atoms with Crippen molar-refractivity contribution in [2.24, 2.45) is 11.1 Å². The van der Waals surface area contributed by atoms with Gasteiger partial charge in [-0.15, -0.1) is 10.2 Å². The molecule has 13 nitrogen and oxygen atoms in total. The number of anilines is 3. The number of nitriles is 1. The number of primary amides is 1. The van der Waals surface area contributed by atoms with Crippen molar-refractivity contribution in [1.29, 1.82) is 5.26 Å². The van der Waals surface area contributed by atoms with Gasteiger partial charge in [-0.3, -0.25) is 4.79 Å². The van der Waals surface area contributed by atoms with Gasteiger partial charge in [0.15, 0.2) is 17.2 Å². The molecule has 2 saturated heterocycles. The Morgan fingerprint density at radius 2 is 1.93 bits per heavy atom. The Labute approximate surface area is 237 Å². The molecule has 210 valence electrons. The Kier molecular flexibility index (Phi) is 6.84. The fourth-order valence-electron chi connectivity index (χ4n) is 5.48. The van der Waals surface area contributed by atoms with Crippen LogP contribution >= 0.6 is 0 Å². The topological polar surface area (TPSA) is 163 Å². The molecule has 4 aromatic rings. The van der Waals surface area contributed by atoms with Gasteiger partial charge in [-0.05, 0) is 30.7 Å². The van der Waals surface area contributed by atoms with E-state index in [1.54, 1.807) is 16.8 Å². The van der Waals surface area contributed by atoms with Crippen LogP contribution in [0.3, 0.4) is 0 Å². The van der Waals surface area contributed by atoms with Gasteiger partial charge < -0.3 is 25.6 Å². The van der Waals surface area contributed by atoms with Crippen molar-refractivity contribution in [3.05, 3.63) is 54.0 Å². The number of aromatic nitrogens is 6. The van der Waals surface area contributed by atoms with Gasteiger partial charge in [-0.1, -0.05) is 13.8 Å². The number of rotatable bonds is 6. The van der Waals surface area contributed by atoms with Gasteiger partial charge in [-0.2, -0.15) is 14.9 Å². The van der Waals surface area contributed by atoms with Crippen LogP contribution in [0.15, 0.2) is 42.7 Å². The van der Waals surface area contributed by atoms with E-state index in [2.05, 4.69) is 49.1 Å². The fraction of sp³-hybridized carbons (Fsp3) is 0.393. The lowest BCUT2D eigenvalue weighted by atomic mass is 9.79. The molecule has 1 atom stereocenters. The van der Waals surface area contributed by atoms with Crippen LogP contribution in [0.1, 0.15) is 36.3 Å². The van der Waals surface area contributed by atoms with Gasteiger partial charge in [-0.25, -0.2) is 9.97 Å². The molecule has 41 heavy (non-hydrogen) atoms. The number of ether oxygens (including phenoxy) is 1. The van der Waals surface area contributed by atoms with E-state index >= 15 is 0 Å². The summed E-state index contributed by atoms with van der Waals surface area (Å²) in [4.78, 5) is 25.9. The minimum absolute atomic E-state index is 0.00436. The first kappa shape index (κ1) is 26.4. The molecule has 2 aliphatic heterocycles. The highest BCUT2D eigenvalue weighted by Gasteiger charge is 2.37.